The highest BCUT2D eigenvalue weighted by Crippen LogP contribution is 2.39. The minimum absolute atomic E-state index is 0.120. The first kappa shape index (κ1) is 15.8. The summed E-state index contributed by atoms with van der Waals surface area (Å²) in [5, 5.41) is 2.27. The Bertz CT molecular complexity index is 721. The Balaban J connectivity index is 1.94. The molecule has 0 spiro atoms. The maximum absolute atomic E-state index is 13.0. The van der Waals surface area contributed by atoms with E-state index in [4.69, 9.17) is 0 Å². The fourth-order valence-electron chi connectivity index (χ4n) is 3.08. The first-order valence-electron chi connectivity index (χ1n) is 7.70. The van der Waals surface area contributed by atoms with Crippen molar-refractivity contribution in [1.29, 1.82) is 0 Å². The Hall–Kier alpha value is -1.13. The Morgan fingerprint density at radius 3 is 2.77 bits per heavy atom. The Kier molecular flexibility index (Phi) is 4.69. The number of hydrogen-bond donors (Lipinski definition) is 0. The van der Waals surface area contributed by atoms with E-state index in [0.29, 0.717) is 18.6 Å². The topological polar surface area (TPSA) is 34.1 Å². The van der Waals surface area contributed by atoms with Crippen molar-refractivity contribution in [3.05, 3.63) is 48.0 Å². The molecule has 3 rings (SSSR count). The van der Waals surface area contributed by atoms with Crippen LogP contribution in [0.4, 0.5) is 0 Å². The second-order valence-electron chi connectivity index (χ2n) is 5.60. The zero-order valence-corrected chi connectivity index (χ0v) is 14.3. The molecule has 0 unspecified atom stereocenters. The molecule has 116 valence electrons. The van der Waals surface area contributed by atoms with E-state index in [1.807, 2.05) is 31.2 Å². The summed E-state index contributed by atoms with van der Waals surface area (Å²) < 4.78 is 11.8. The molecule has 2 aromatic rings. The number of fused-ring (bicyclic) bond motifs is 1. The minimum atomic E-state index is -1.06. The Morgan fingerprint density at radius 1 is 1.23 bits per heavy atom. The summed E-state index contributed by atoms with van der Waals surface area (Å²) in [7, 11) is -1.06. The molecule has 1 aliphatic rings. The van der Waals surface area contributed by atoms with Crippen molar-refractivity contribution in [2.45, 2.75) is 30.3 Å². The summed E-state index contributed by atoms with van der Waals surface area (Å²) in [5.74, 6) is 1.71. The van der Waals surface area contributed by atoms with Crippen molar-refractivity contribution in [3.8, 4) is 0 Å². The van der Waals surface area contributed by atoms with Gasteiger partial charge in [0, 0.05) is 23.0 Å². The molecule has 0 bridgehead atoms. The molecule has 1 saturated heterocycles. The van der Waals surface area contributed by atoms with E-state index < -0.39 is 14.9 Å². The van der Waals surface area contributed by atoms with Crippen molar-refractivity contribution in [3.63, 3.8) is 0 Å². The molecule has 2 aromatic carbocycles. The van der Waals surface area contributed by atoms with Crippen LogP contribution >= 0.6 is 11.8 Å². The van der Waals surface area contributed by atoms with Crippen LogP contribution in [0.5, 0.6) is 0 Å². The van der Waals surface area contributed by atoms with Gasteiger partial charge >= 0.3 is 0 Å². The van der Waals surface area contributed by atoms with Gasteiger partial charge in [0.05, 0.1) is 0 Å². The summed E-state index contributed by atoms with van der Waals surface area (Å²) >= 11 is 1.60. The van der Waals surface area contributed by atoms with Gasteiger partial charge in [-0.25, -0.2) is 0 Å². The number of thioether (sulfide) groups is 1. The molecule has 0 aromatic heterocycles. The quantitative estimate of drug-likeness (QED) is 0.850. The molecule has 1 heterocycles. The van der Waals surface area contributed by atoms with E-state index >= 15 is 0 Å². The van der Waals surface area contributed by atoms with Crippen LogP contribution < -0.4 is 0 Å². The van der Waals surface area contributed by atoms with Gasteiger partial charge in [-0.05, 0) is 34.9 Å². The van der Waals surface area contributed by atoms with Gasteiger partial charge in [-0.15, -0.1) is 11.8 Å². The third kappa shape index (κ3) is 2.74. The summed E-state index contributed by atoms with van der Waals surface area (Å²) in [6.45, 7) is 1.98. The number of rotatable bonds is 4. The zero-order chi connectivity index (χ0) is 15.6. The van der Waals surface area contributed by atoms with Crippen molar-refractivity contribution in [2.24, 2.45) is 0 Å². The van der Waals surface area contributed by atoms with E-state index in [1.165, 1.54) is 0 Å². The second kappa shape index (κ2) is 6.55. The predicted octanol–water partition coefficient (Wildman–Crippen LogP) is 3.94. The lowest BCUT2D eigenvalue weighted by molar-refractivity contribution is -0.118. The van der Waals surface area contributed by atoms with Crippen LogP contribution in [0.1, 0.15) is 25.3 Å². The molecule has 0 aliphatic carbocycles. The highest BCUT2D eigenvalue weighted by molar-refractivity contribution is 8.14. The van der Waals surface area contributed by atoms with Crippen LogP contribution in [0, 0.1) is 0 Å². The van der Waals surface area contributed by atoms with Crippen LogP contribution in [0.15, 0.2) is 42.5 Å². The summed E-state index contributed by atoms with van der Waals surface area (Å²) in [5.41, 5.74) is 1.04. The van der Waals surface area contributed by atoms with E-state index in [0.717, 1.165) is 28.5 Å². The highest BCUT2D eigenvalue weighted by Gasteiger charge is 2.44. The zero-order valence-electron chi connectivity index (χ0n) is 12.7. The normalized spacial score (nSPS) is 25.2. The average molecular weight is 332 g/mol. The van der Waals surface area contributed by atoms with E-state index in [9.17, 15) is 9.00 Å². The molecule has 2 nitrogen and oxygen atoms in total. The lowest BCUT2D eigenvalue weighted by atomic mass is 9.99. The van der Waals surface area contributed by atoms with Gasteiger partial charge in [-0.3, -0.25) is 9.00 Å². The lowest BCUT2D eigenvalue weighted by Gasteiger charge is -2.33. The number of ketones is 1. The fourth-order valence-corrected chi connectivity index (χ4v) is 6.73. The van der Waals surface area contributed by atoms with E-state index in [2.05, 4.69) is 18.2 Å². The number of hydrogen-bond acceptors (Lipinski definition) is 3. The number of carbonyl (C=O) groups is 1. The molecular formula is C18H20O2S2. The molecule has 2 atom stereocenters. The van der Waals surface area contributed by atoms with Gasteiger partial charge in [0.2, 0.25) is 0 Å². The Labute approximate surface area is 138 Å². The maximum Gasteiger partial charge on any atom is 0.165 e. The Morgan fingerprint density at radius 2 is 2.00 bits per heavy atom. The van der Waals surface area contributed by atoms with Gasteiger partial charge in [0.25, 0.3) is 0 Å². The van der Waals surface area contributed by atoms with Gasteiger partial charge < -0.3 is 0 Å². The summed E-state index contributed by atoms with van der Waals surface area (Å²) in [6.07, 6.45) is 1.96. The molecular weight excluding hydrogens is 312 g/mol. The van der Waals surface area contributed by atoms with Crippen molar-refractivity contribution in [1.82, 2.24) is 0 Å². The monoisotopic (exact) mass is 332 g/mol. The summed E-state index contributed by atoms with van der Waals surface area (Å²) in [6, 6.07) is 14.2. The molecule has 4 heteroatoms. The molecule has 1 aliphatic heterocycles. The van der Waals surface area contributed by atoms with Crippen LogP contribution in [-0.2, 0) is 22.0 Å². The van der Waals surface area contributed by atoms with Crippen LogP contribution in [0.3, 0.4) is 0 Å². The third-order valence-corrected chi connectivity index (χ3v) is 8.60. The van der Waals surface area contributed by atoms with Gasteiger partial charge in [-0.1, -0.05) is 49.4 Å². The number of carbonyl (C=O) groups excluding carboxylic acids is 1. The summed E-state index contributed by atoms with van der Waals surface area (Å²) in [4.78, 5) is 13.0. The number of benzene rings is 2. The SMILES string of the molecule is CC[C@@]1(C(=O)Cc2cccc3ccccc23)SCCC[S@]1=O. The second-order valence-corrected chi connectivity index (χ2v) is 9.04. The maximum atomic E-state index is 13.0. The minimum Gasteiger partial charge on any atom is -0.297 e. The average Bonchev–Trinajstić information content (AvgIpc) is 2.56. The number of Topliss-reactive ketones (excluding diaryl/α,β-unsaturated/α-hetero) is 1. The van der Waals surface area contributed by atoms with Crippen LogP contribution in [0.2, 0.25) is 0 Å². The molecule has 0 N–H and O–H groups in total. The first-order valence-corrected chi connectivity index (χ1v) is 10.0. The third-order valence-electron chi connectivity index (χ3n) is 4.30. The highest BCUT2D eigenvalue weighted by atomic mass is 32.2. The van der Waals surface area contributed by atoms with Crippen LogP contribution in [0.25, 0.3) is 10.8 Å². The molecule has 22 heavy (non-hydrogen) atoms. The van der Waals surface area contributed by atoms with Gasteiger partial charge in [0.15, 0.2) is 5.78 Å². The lowest BCUT2D eigenvalue weighted by Crippen LogP contribution is -2.44. The van der Waals surface area contributed by atoms with Crippen molar-refractivity contribution in [2.75, 3.05) is 11.5 Å². The predicted molar refractivity (Wildman–Crippen MR) is 95.8 cm³/mol. The molecule has 1 fully saturated rings. The van der Waals surface area contributed by atoms with Gasteiger partial charge in [-0.2, -0.15) is 0 Å². The van der Waals surface area contributed by atoms with Gasteiger partial charge in [0.1, 0.15) is 4.08 Å². The first-order chi connectivity index (χ1) is 10.7. The fraction of sp³-hybridized carbons (Fsp3) is 0.389. The molecule has 0 radical (unpaired) electrons. The van der Waals surface area contributed by atoms with E-state index in [1.54, 1.807) is 11.8 Å². The standard InChI is InChI=1S/C18H20O2S2/c1-2-18(21-11-6-12-22(18)20)17(19)13-15-9-5-8-14-7-3-4-10-16(14)15/h3-5,7-10H,2,6,11-13H2,1H3/t18-,22-/m1/s1. The largest absolute Gasteiger partial charge is 0.297 e. The van der Waals surface area contributed by atoms with E-state index in [-0.39, 0.29) is 5.78 Å². The molecule has 0 amide bonds. The van der Waals surface area contributed by atoms with Crippen molar-refractivity contribution >= 4 is 39.1 Å². The molecule has 0 saturated carbocycles. The van der Waals surface area contributed by atoms with Crippen molar-refractivity contribution < 1.29 is 9.00 Å². The van der Waals surface area contributed by atoms with Crippen LogP contribution in [-0.4, -0.2) is 25.6 Å². The smallest absolute Gasteiger partial charge is 0.165 e.